The second-order valence-electron chi connectivity index (χ2n) is 5.60. The van der Waals surface area contributed by atoms with Crippen LogP contribution in [0.1, 0.15) is 18.1 Å². The summed E-state index contributed by atoms with van der Waals surface area (Å²) in [5.41, 5.74) is 1.22. The van der Waals surface area contributed by atoms with Gasteiger partial charge in [0.15, 0.2) is 0 Å². The first kappa shape index (κ1) is 18.7. The van der Waals surface area contributed by atoms with Crippen molar-refractivity contribution in [1.82, 2.24) is 0 Å². The average Bonchev–Trinajstić information content (AvgIpc) is 2.69. The molecule has 0 radical (unpaired) electrons. The van der Waals surface area contributed by atoms with Crippen LogP contribution in [0.5, 0.6) is 11.5 Å². The van der Waals surface area contributed by atoms with Gasteiger partial charge in [-0.2, -0.15) is 5.10 Å². The van der Waals surface area contributed by atoms with Crippen LogP contribution in [0.2, 0.25) is 0 Å². The van der Waals surface area contributed by atoms with Crippen molar-refractivity contribution < 1.29 is 10.2 Å². The summed E-state index contributed by atoms with van der Waals surface area (Å²) in [5, 5.41) is 30.6. The number of aromatic hydroxyl groups is 2. The van der Waals surface area contributed by atoms with E-state index in [1.165, 1.54) is 18.0 Å². The Hall–Kier alpha value is -3.12. The molecule has 5 nitrogen and oxygen atoms in total. The molecule has 0 aliphatic carbocycles. The second-order valence-corrected chi connectivity index (χ2v) is 6.83. The minimum Gasteiger partial charge on any atom is -0.507 e. The van der Waals surface area contributed by atoms with Gasteiger partial charge in [-0.3, -0.25) is 0 Å². The predicted molar refractivity (Wildman–Crippen MR) is 114 cm³/mol. The first-order chi connectivity index (χ1) is 13.2. The molecule has 6 heteroatoms. The molecule has 3 aromatic carbocycles. The lowest BCUT2D eigenvalue weighted by Crippen LogP contribution is -1.91. The molecule has 0 heterocycles. The minimum absolute atomic E-state index is 0.148. The summed E-state index contributed by atoms with van der Waals surface area (Å²) in [6, 6.07) is 18.2. The number of benzene rings is 3. The van der Waals surface area contributed by atoms with Crippen LogP contribution >= 0.6 is 11.8 Å². The van der Waals surface area contributed by atoms with Gasteiger partial charge in [0.25, 0.3) is 0 Å². The molecule has 0 aliphatic rings. The lowest BCUT2D eigenvalue weighted by molar-refractivity contribution is 0.474. The standard InChI is InChI=1S/C21H19N3O2S/c1-2-27-21(22-13-16-8-4-6-10-19(16)25)24-23-14-18-17-9-5-3-7-15(17)11-12-20(18)26/h3-14,25-26H,2H2,1H3/b22-13+,23-14+,24-21-. The highest BCUT2D eigenvalue weighted by Crippen LogP contribution is 2.25. The van der Waals surface area contributed by atoms with Crippen molar-refractivity contribution in [3.05, 3.63) is 71.8 Å². The zero-order valence-corrected chi connectivity index (χ0v) is 15.6. The van der Waals surface area contributed by atoms with Crippen molar-refractivity contribution >= 4 is 40.1 Å². The van der Waals surface area contributed by atoms with Crippen molar-refractivity contribution in [3.63, 3.8) is 0 Å². The summed E-state index contributed by atoms with van der Waals surface area (Å²) in [6.07, 6.45) is 3.09. The molecule has 0 saturated carbocycles. The molecule has 0 aliphatic heterocycles. The van der Waals surface area contributed by atoms with Crippen LogP contribution in [0.25, 0.3) is 10.8 Å². The summed E-state index contributed by atoms with van der Waals surface area (Å²) >= 11 is 1.44. The lowest BCUT2D eigenvalue weighted by atomic mass is 10.0. The Kier molecular flexibility index (Phi) is 6.22. The number of thioether (sulfide) groups is 1. The van der Waals surface area contributed by atoms with E-state index in [1.54, 1.807) is 30.5 Å². The Morgan fingerprint density at radius 3 is 2.52 bits per heavy atom. The number of para-hydroxylation sites is 1. The molecule has 2 N–H and O–H groups in total. The fourth-order valence-electron chi connectivity index (χ4n) is 2.50. The van der Waals surface area contributed by atoms with Crippen molar-refractivity contribution in [2.45, 2.75) is 6.92 Å². The third kappa shape index (κ3) is 4.74. The maximum absolute atomic E-state index is 10.2. The van der Waals surface area contributed by atoms with E-state index < -0.39 is 0 Å². The third-order valence-electron chi connectivity index (χ3n) is 3.80. The van der Waals surface area contributed by atoms with Gasteiger partial charge in [0.05, 0.1) is 6.21 Å². The maximum Gasteiger partial charge on any atom is 0.208 e. The molecular weight excluding hydrogens is 358 g/mol. The third-order valence-corrected chi connectivity index (χ3v) is 4.54. The van der Waals surface area contributed by atoms with Gasteiger partial charge in [0.1, 0.15) is 11.5 Å². The van der Waals surface area contributed by atoms with E-state index in [2.05, 4.69) is 15.2 Å². The molecule has 0 unspecified atom stereocenters. The number of hydrogen-bond acceptors (Lipinski definition) is 5. The van der Waals surface area contributed by atoms with Crippen LogP contribution in [0.4, 0.5) is 0 Å². The van der Waals surface area contributed by atoms with Crippen LogP contribution in [0, 0.1) is 0 Å². The molecule has 3 aromatic rings. The maximum atomic E-state index is 10.2. The fraction of sp³-hybridized carbons (Fsp3) is 0.0952. The van der Waals surface area contributed by atoms with E-state index in [0.717, 1.165) is 16.5 Å². The Morgan fingerprint density at radius 2 is 1.70 bits per heavy atom. The van der Waals surface area contributed by atoms with Gasteiger partial charge in [-0.15, -0.1) is 5.10 Å². The van der Waals surface area contributed by atoms with Gasteiger partial charge in [0, 0.05) is 17.3 Å². The Labute approximate surface area is 161 Å². The molecule has 0 aromatic heterocycles. The van der Waals surface area contributed by atoms with Gasteiger partial charge in [-0.05, 0) is 34.7 Å². The summed E-state index contributed by atoms with van der Waals surface area (Å²) < 4.78 is 0. The van der Waals surface area contributed by atoms with Gasteiger partial charge in [-0.25, -0.2) is 4.99 Å². The molecule has 136 valence electrons. The van der Waals surface area contributed by atoms with Gasteiger partial charge in [-0.1, -0.05) is 61.2 Å². The zero-order valence-electron chi connectivity index (χ0n) is 14.8. The Bertz CT molecular complexity index is 1030. The van der Waals surface area contributed by atoms with Crippen LogP contribution in [-0.2, 0) is 0 Å². The molecule has 0 amide bonds. The van der Waals surface area contributed by atoms with Crippen LogP contribution in [-0.4, -0.2) is 33.6 Å². The van der Waals surface area contributed by atoms with Crippen molar-refractivity contribution in [2.75, 3.05) is 5.75 Å². The van der Waals surface area contributed by atoms with E-state index in [4.69, 9.17) is 0 Å². The molecule has 0 fully saturated rings. The number of phenols is 2. The summed E-state index contributed by atoms with van der Waals surface area (Å²) in [4.78, 5) is 4.31. The molecule has 0 bridgehead atoms. The smallest absolute Gasteiger partial charge is 0.208 e. The normalized spacial score (nSPS) is 12.4. The first-order valence-electron chi connectivity index (χ1n) is 8.45. The second kappa shape index (κ2) is 9.00. The van der Waals surface area contributed by atoms with Crippen molar-refractivity contribution in [2.24, 2.45) is 15.2 Å². The molecule has 27 heavy (non-hydrogen) atoms. The van der Waals surface area contributed by atoms with Gasteiger partial charge >= 0.3 is 0 Å². The summed E-state index contributed by atoms with van der Waals surface area (Å²) in [6.45, 7) is 2.00. The number of aliphatic imine (C=N–C) groups is 1. The Balaban J connectivity index is 1.87. The lowest BCUT2D eigenvalue weighted by Gasteiger charge is -2.03. The van der Waals surface area contributed by atoms with Crippen LogP contribution in [0.3, 0.4) is 0 Å². The summed E-state index contributed by atoms with van der Waals surface area (Å²) in [7, 11) is 0. The van der Waals surface area contributed by atoms with Crippen molar-refractivity contribution in [1.29, 1.82) is 0 Å². The summed E-state index contributed by atoms with van der Waals surface area (Å²) in [5.74, 6) is 1.09. The quantitative estimate of drug-likeness (QED) is 0.389. The van der Waals surface area contributed by atoms with E-state index in [0.29, 0.717) is 16.3 Å². The van der Waals surface area contributed by atoms with E-state index in [9.17, 15) is 10.2 Å². The molecule has 3 rings (SSSR count). The molecular formula is C21H19N3O2S. The Morgan fingerprint density at radius 1 is 0.926 bits per heavy atom. The largest absolute Gasteiger partial charge is 0.507 e. The number of nitrogens with zero attached hydrogens (tertiary/aromatic N) is 3. The molecule has 0 spiro atoms. The fourth-order valence-corrected chi connectivity index (χ4v) is 2.99. The highest BCUT2D eigenvalue weighted by molar-refractivity contribution is 8.13. The SMILES string of the molecule is CCSC(=N\N=C\c1c(O)ccc2ccccc12)/N=C/c1ccccc1O. The minimum atomic E-state index is 0.148. The highest BCUT2D eigenvalue weighted by Gasteiger charge is 2.04. The van der Waals surface area contributed by atoms with Crippen molar-refractivity contribution in [3.8, 4) is 11.5 Å². The van der Waals surface area contributed by atoms with Gasteiger partial charge in [0.2, 0.25) is 5.17 Å². The first-order valence-corrected chi connectivity index (χ1v) is 9.44. The van der Waals surface area contributed by atoms with E-state index >= 15 is 0 Å². The predicted octanol–water partition coefficient (Wildman–Crippen LogP) is 4.81. The van der Waals surface area contributed by atoms with Crippen LogP contribution < -0.4 is 0 Å². The van der Waals surface area contributed by atoms with E-state index in [1.807, 2.05) is 43.3 Å². The molecule has 0 saturated heterocycles. The molecule has 0 atom stereocenters. The van der Waals surface area contributed by atoms with Gasteiger partial charge < -0.3 is 10.2 Å². The van der Waals surface area contributed by atoms with E-state index in [-0.39, 0.29) is 11.5 Å². The number of fused-ring (bicyclic) bond motifs is 1. The monoisotopic (exact) mass is 377 g/mol. The highest BCUT2D eigenvalue weighted by atomic mass is 32.2. The topological polar surface area (TPSA) is 77.5 Å². The zero-order chi connectivity index (χ0) is 19.1. The number of phenolic OH excluding ortho intramolecular Hbond substituents is 2. The average molecular weight is 377 g/mol. The van der Waals surface area contributed by atoms with Crippen LogP contribution in [0.15, 0.2) is 75.9 Å². The number of hydrogen-bond donors (Lipinski definition) is 2. The number of rotatable bonds is 4. The number of amidine groups is 1.